The second-order valence-electron chi connectivity index (χ2n) is 11.2. The number of piperidine rings is 1. The van der Waals surface area contributed by atoms with Gasteiger partial charge in [-0.2, -0.15) is 0 Å². The standard InChI is InChI=1S/C32H39N4O8PS/c1-44-25-10-6-7-21(16-25)18-29(37)34-27(19-46-20-45(41,42)43)32(40)36-14-5-4-11-28(36)31(39)35-26(30(33)38)17-22-12-13-23-8-2-3-9-24(23)15-22/h2-3,6-10,12-13,15-16,26-28H,4-5,11,14,17-20H2,1H3,(H2,33,38)(H,34,37)(H,35,39)(H2,41,42,43). The molecule has 0 aromatic heterocycles. The van der Waals surface area contributed by atoms with Crippen molar-refractivity contribution in [1.29, 1.82) is 0 Å². The molecule has 12 nitrogen and oxygen atoms in total. The third-order valence-electron chi connectivity index (χ3n) is 7.68. The number of methoxy groups -OCH3 is 1. The number of hydrogen-bond donors (Lipinski definition) is 5. The molecule has 1 aliphatic rings. The SMILES string of the molecule is COc1cccc(CC(=O)NC(CSCP(=O)(O)O)C(=O)N2CCCCC2C(=O)NC(Cc2ccc3ccccc3c2)C(N)=O)c1. The molecule has 4 amide bonds. The zero-order valence-corrected chi connectivity index (χ0v) is 27.2. The lowest BCUT2D eigenvalue weighted by Crippen LogP contribution is -2.60. The maximum atomic E-state index is 13.9. The number of hydrogen-bond acceptors (Lipinski definition) is 7. The molecular formula is C32H39N4O8PS. The summed E-state index contributed by atoms with van der Waals surface area (Å²) in [6, 6.07) is 17.3. The van der Waals surface area contributed by atoms with Crippen LogP contribution in [0.15, 0.2) is 66.7 Å². The Labute approximate surface area is 271 Å². The summed E-state index contributed by atoms with van der Waals surface area (Å²) in [7, 11) is -2.87. The second kappa shape index (κ2) is 16.1. The van der Waals surface area contributed by atoms with Crippen LogP contribution in [0.25, 0.3) is 10.8 Å². The topological polar surface area (TPSA) is 188 Å². The van der Waals surface area contributed by atoms with Crippen LogP contribution in [0.4, 0.5) is 0 Å². The van der Waals surface area contributed by atoms with E-state index in [9.17, 15) is 33.5 Å². The molecule has 0 radical (unpaired) electrons. The predicted octanol–water partition coefficient (Wildman–Crippen LogP) is 2.34. The molecule has 3 unspecified atom stereocenters. The number of nitrogens with zero attached hydrogens (tertiary/aromatic N) is 1. The van der Waals surface area contributed by atoms with Gasteiger partial charge in [0.25, 0.3) is 0 Å². The molecule has 4 rings (SSSR count). The van der Waals surface area contributed by atoms with Gasteiger partial charge >= 0.3 is 7.60 Å². The van der Waals surface area contributed by atoms with E-state index < -0.39 is 54.8 Å². The minimum atomic E-state index is -4.38. The fourth-order valence-corrected chi connectivity index (χ4v) is 7.27. The number of amides is 4. The van der Waals surface area contributed by atoms with Gasteiger partial charge in [-0.1, -0.05) is 54.6 Å². The molecule has 0 aliphatic carbocycles. The number of ether oxygens (including phenoxy) is 1. The molecule has 0 saturated carbocycles. The van der Waals surface area contributed by atoms with E-state index in [1.54, 1.807) is 24.3 Å². The van der Waals surface area contributed by atoms with Gasteiger partial charge in [0.1, 0.15) is 23.9 Å². The van der Waals surface area contributed by atoms with E-state index in [1.165, 1.54) is 12.0 Å². The fraction of sp³-hybridized carbons (Fsp3) is 0.375. The molecule has 6 N–H and O–H groups in total. The van der Waals surface area contributed by atoms with E-state index >= 15 is 0 Å². The number of nitrogens with two attached hydrogens (primary N) is 1. The largest absolute Gasteiger partial charge is 0.497 e. The Hall–Kier alpha value is -3.90. The lowest BCUT2D eigenvalue weighted by molar-refractivity contribution is -0.145. The normalized spacial score (nSPS) is 16.3. The summed E-state index contributed by atoms with van der Waals surface area (Å²) >= 11 is 0.834. The van der Waals surface area contributed by atoms with Crippen molar-refractivity contribution in [2.24, 2.45) is 5.73 Å². The highest BCUT2D eigenvalue weighted by Crippen LogP contribution is 2.38. The highest BCUT2D eigenvalue weighted by molar-refractivity contribution is 8.04. The Bertz CT molecular complexity index is 1620. The first-order valence-electron chi connectivity index (χ1n) is 14.9. The summed E-state index contributed by atoms with van der Waals surface area (Å²) in [5, 5.41) is 7.46. The van der Waals surface area contributed by atoms with Gasteiger partial charge in [0.05, 0.1) is 19.0 Å². The molecular weight excluding hydrogens is 631 g/mol. The van der Waals surface area contributed by atoms with Gasteiger partial charge in [-0.15, -0.1) is 11.8 Å². The maximum Gasteiger partial charge on any atom is 0.335 e. The molecule has 246 valence electrons. The minimum absolute atomic E-state index is 0.0664. The summed E-state index contributed by atoms with van der Waals surface area (Å²) in [5.41, 5.74) is 6.60. The van der Waals surface area contributed by atoms with Gasteiger partial charge in [-0.05, 0) is 53.3 Å². The Morgan fingerprint density at radius 2 is 1.74 bits per heavy atom. The predicted molar refractivity (Wildman–Crippen MR) is 176 cm³/mol. The van der Waals surface area contributed by atoms with Crippen molar-refractivity contribution < 1.29 is 38.3 Å². The van der Waals surface area contributed by atoms with Crippen molar-refractivity contribution in [2.75, 3.05) is 24.9 Å². The Kier molecular flexibility index (Phi) is 12.2. The first kappa shape index (κ1) is 35.0. The highest BCUT2D eigenvalue weighted by Gasteiger charge is 2.37. The van der Waals surface area contributed by atoms with Crippen LogP contribution < -0.4 is 21.1 Å². The molecule has 1 aliphatic heterocycles. The number of thioether (sulfide) groups is 1. The molecule has 3 aromatic carbocycles. The average molecular weight is 671 g/mol. The molecule has 1 fully saturated rings. The lowest BCUT2D eigenvalue weighted by Gasteiger charge is -2.37. The molecule has 1 saturated heterocycles. The molecule has 46 heavy (non-hydrogen) atoms. The van der Waals surface area contributed by atoms with E-state index in [0.29, 0.717) is 30.6 Å². The zero-order valence-electron chi connectivity index (χ0n) is 25.5. The van der Waals surface area contributed by atoms with Crippen molar-refractivity contribution in [3.63, 3.8) is 0 Å². The first-order valence-corrected chi connectivity index (χ1v) is 17.8. The number of benzene rings is 3. The Morgan fingerprint density at radius 1 is 0.978 bits per heavy atom. The number of carbonyl (C=O) groups is 4. The lowest BCUT2D eigenvalue weighted by atomic mass is 9.98. The Balaban J connectivity index is 1.48. The van der Waals surface area contributed by atoms with Crippen molar-refractivity contribution in [1.82, 2.24) is 15.5 Å². The number of rotatable bonds is 14. The molecule has 0 bridgehead atoms. The number of fused-ring (bicyclic) bond motifs is 1. The number of primary amides is 1. The van der Waals surface area contributed by atoms with Crippen LogP contribution in [0.2, 0.25) is 0 Å². The van der Waals surface area contributed by atoms with Crippen LogP contribution in [-0.2, 0) is 36.6 Å². The van der Waals surface area contributed by atoms with Crippen LogP contribution >= 0.6 is 19.4 Å². The Morgan fingerprint density at radius 3 is 2.46 bits per heavy atom. The zero-order chi connectivity index (χ0) is 33.3. The van der Waals surface area contributed by atoms with E-state index in [1.807, 2.05) is 42.5 Å². The summed E-state index contributed by atoms with van der Waals surface area (Å²) in [5.74, 6) is -1.85. The maximum absolute atomic E-state index is 13.9. The van der Waals surface area contributed by atoms with Gasteiger partial charge in [-0.25, -0.2) is 0 Å². The van der Waals surface area contributed by atoms with Crippen molar-refractivity contribution >= 4 is 53.8 Å². The van der Waals surface area contributed by atoms with Gasteiger partial charge < -0.3 is 35.8 Å². The fourth-order valence-electron chi connectivity index (χ4n) is 5.44. The van der Waals surface area contributed by atoms with Gasteiger partial charge in [0.15, 0.2) is 0 Å². The molecule has 1 heterocycles. The van der Waals surface area contributed by atoms with Crippen LogP contribution in [0.5, 0.6) is 5.75 Å². The molecule has 0 spiro atoms. The average Bonchev–Trinajstić information content (AvgIpc) is 3.03. The van der Waals surface area contributed by atoms with Crippen LogP contribution in [0, 0.1) is 0 Å². The van der Waals surface area contributed by atoms with Crippen LogP contribution in [-0.4, -0.2) is 81.3 Å². The summed E-state index contributed by atoms with van der Waals surface area (Å²) in [6.07, 6.45) is 1.70. The number of likely N-dealkylation sites (tertiary alicyclic amines) is 1. The molecule has 3 aromatic rings. The highest BCUT2D eigenvalue weighted by atomic mass is 32.2. The van der Waals surface area contributed by atoms with Gasteiger partial charge in [0, 0.05) is 18.7 Å². The quantitative estimate of drug-likeness (QED) is 0.160. The smallest absolute Gasteiger partial charge is 0.335 e. The number of nitrogens with one attached hydrogen (secondary N) is 2. The molecule has 14 heteroatoms. The minimum Gasteiger partial charge on any atom is -0.497 e. The molecule has 3 atom stereocenters. The van der Waals surface area contributed by atoms with Crippen LogP contribution in [0.3, 0.4) is 0 Å². The van der Waals surface area contributed by atoms with Crippen molar-refractivity contribution in [3.8, 4) is 5.75 Å². The van der Waals surface area contributed by atoms with E-state index in [2.05, 4.69) is 10.6 Å². The first-order chi connectivity index (χ1) is 21.9. The van der Waals surface area contributed by atoms with Crippen molar-refractivity contribution in [2.45, 2.75) is 50.2 Å². The van der Waals surface area contributed by atoms with Gasteiger partial charge in [0.2, 0.25) is 23.6 Å². The van der Waals surface area contributed by atoms with E-state index in [4.69, 9.17) is 10.5 Å². The summed E-state index contributed by atoms with van der Waals surface area (Å²) in [6.45, 7) is 0.230. The second-order valence-corrected chi connectivity index (χ2v) is 14.3. The number of carbonyl (C=O) groups excluding carboxylic acids is 4. The van der Waals surface area contributed by atoms with Crippen LogP contribution in [0.1, 0.15) is 30.4 Å². The summed E-state index contributed by atoms with van der Waals surface area (Å²) < 4.78 is 16.7. The summed E-state index contributed by atoms with van der Waals surface area (Å²) in [4.78, 5) is 73.1. The third-order valence-corrected chi connectivity index (χ3v) is 10.3. The monoisotopic (exact) mass is 670 g/mol. The van der Waals surface area contributed by atoms with Crippen molar-refractivity contribution in [3.05, 3.63) is 77.9 Å². The third kappa shape index (κ3) is 10.1. The van der Waals surface area contributed by atoms with E-state index in [-0.39, 0.29) is 25.1 Å². The van der Waals surface area contributed by atoms with E-state index in [0.717, 1.165) is 28.1 Å². The van der Waals surface area contributed by atoms with Gasteiger partial charge in [-0.3, -0.25) is 23.7 Å².